The van der Waals surface area contributed by atoms with Gasteiger partial charge in [-0.3, -0.25) is 9.59 Å². The molecule has 0 spiro atoms. The third kappa shape index (κ3) is 7.59. The fourth-order valence-electron chi connectivity index (χ4n) is 2.22. The number of benzene rings is 2. The first-order valence-corrected chi connectivity index (χ1v) is 8.57. The zero-order valence-corrected chi connectivity index (χ0v) is 14.9. The van der Waals surface area contributed by atoms with Crippen molar-refractivity contribution in [1.82, 2.24) is 0 Å². The number of esters is 1. The largest absolute Gasteiger partial charge is 0.460 e. The van der Waals surface area contributed by atoms with Gasteiger partial charge in [-0.25, -0.2) is 0 Å². The zero-order chi connectivity index (χ0) is 18.6. The van der Waals surface area contributed by atoms with E-state index in [2.05, 4.69) is 0 Å². The van der Waals surface area contributed by atoms with Gasteiger partial charge in [0.1, 0.15) is 25.6 Å². The summed E-state index contributed by atoms with van der Waals surface area (Å²) < 4.78 is 15.9. The maximum absolute atomic E-state index is 12.0. The lowest BCUT2D eigenvalue weighted by molar-refractivity contribution is -0.148. The normalized spacial score (nSPS) is 11.7. The maximum atomic E-state index is 12.0. The molecule has 138 valence electrons. The summed E-state index contributed by atoms with van der Waals surface area (Å²) in [7, 11) is 0. The van der Waals surface area contributed by atoms with E-state index in [4.69, 9.17) is 14.2 Å². The monoisotopic (exact) mass is 356 g/mol. The number of hydrogen-bond donors (Lipinski definition) is 0. The van der Waals surface area contributed by atoms with Crippen molar-refractivity contribution in [1.29, 1.82) is 0 Å². The molecule has 0 amide bonds. The van der Waals surface area contributed by atoms with E-state index in [1.165, 1.54) is 0 Å². The van der Waals surface area contributed by atoms with E-state index in [9.17, 15) is 9.59 Å². The van der Waals surface area contributed by atoms with Gasteiger partial charge in [-0.1, -0.05) is 67.6 Å². The summed E-state index contributed by atoms with van der Waals surface area (Å²) >= 11 is 0. The van der Waals surface area contributed by atoms with Crippen molar-refractivity contribution in [2.75, 3.05) is 13.4 Å². The quantitative estimate of drug-likeness (QED) is 0.267. The van der Waals surface area contributed by atoms with E-state index < -0.39 is 5.97 Å². The second-order valence-electron chi connectivity index (χ2n) is 6.01. The summed E-state index contributed by atoms with van der Waals surface area (Å²) in [5.74, 6) is -1.11. The highest BCUT2D eigenvalue weighted by molar-refractivity contribution is 5.96. The summed E-state index contributed by atoms with van der Waals surface area (Å²) in [5.41, 5.74) is 1.95. The predicted octanol–water partition coefficient (Wildman–Crippen LogP) is 3.52. The summed E-state index contributed by atoms with van der Waals surface area (Å²) in [6.45, 7) is 2.66. The minimum atomic E-state index is -0.522. The highest BCUT2D eigenvalue weighted by atomic mass is 16.7. The van der Waals surface area contributed by atoms with Gasteiger partial charge >= 0.3 is 5.97 Å². The molecule has 0 aliphatic carbocycles. The predicted molar refractivity (Wildman–Crippen MR) is 97.1 cm³/mol. The molecule has 0 fully saturated rings. The Hall–Kier alpha value is -2.50. The Morgan fingerprint density at radius 2 is 1.42 bits per heavy atom. The molecule has 0 saturated heterocycles. The summed E-state index contributed by atoms with van der Waals surface area (Å²) in [4.78, 5) is 23.8. The van der Waals surface area contributed by atoms with E-state index in [0.29, 0.717) is 6.61 Å². The van der Waals surface area contributed by atoms with Gasteiger partial charge in [0.05, 0.1) is 13.2 Å². The smallest absolute Gasteiger partial charge is 0.313 e. The fourth-order valence-corrected chi connectivity index (χ4v) is 2.22. The molecule has 0 N–H and O–H groups in total. The first-order valence-electron chi connectivity index (χ1n) is 8.57. The topological polar surface area (TPSA) is 61.8 Å². The molecule has 0 aliphatic heterocycles. The summed E-state index contributed by atoms with van der Waals surface area (Å²) in [6.07, 6.45) is -0.248. The van der Waals surface area contributed by atoms with Crippen LogP contribution >= 0.6 is 0 Å². The molecule has 0 aromatic heterocycles. The lowest BCUT2D eigenvalue weighted by Gasteiger charge is -2.11. The van der Waals surface area contributed by atoms with Crippen molar-refractivity contribution in [2.24, 2.45) is 5.92 Å². The lowest BCUT2D eigenvalue weighted by atomic mass is 10.1. The number of rotatable bonds is 11. The molecular weight excluding hydrogens is 332 g/mol. The molecule has 0 radical (unpaired) electrons. The molecule has 0 unspecified atom stereocenters. The molecular formula is C21H24O5. The number of carbonyl (C=O) groups is 2. The molecule has 0 bridgehead atoms. The van der Waals surface area contributed by atoms with Crippen LogP contribution in [0.2, 0.25) is 0 Å². The highest BCUT2D eigenvalue weighted by Gasteiger charge is 2.18. The van der Waals surface area contributed by atoms with Gasteiger partial charge in [-0.05, 0) is 11.1 Å². The van der Waals surface area contributed by atoms with Gasteiger partial charge in [0.2, 0.25) is 0 Å². The number of ether oxygens (including phenoxy) is 3. The second kappa shape index (κ2) is 11.2. The van der Waals surface area contributed by atoms with Crippen molar-refractivity contribution in [2.45, 2.75) is 26.6 Å². The second-order valence-corrected chi connectivity index (χ2v) is 6.01. The SMILES string of the molecule is C[C@@H](COCOCc1ccccc1)C(=O)CC(=O)OCc1ccccc1. The summed E-state index contributed by atoms with van der Waals surface area (Å²) in [6, 6.07) is 19.1. The van der Waals surface area contributed by atoms with Crippen molar-refractivity contribution in [3.05, 3.63) is 71.8 Å². The Morgan fingerprint density at radius 3 is 2.04 bits per heavy atom. The Bertz CT molecular complexity index is 669. The van der Waals surface area contributed by atoms with E-state index in [0.717, 1.165) is 11.1 Å². The van der Waals surface area contributed by atoms with Crippen LogP contribution in [0.5, 0.6) is 0 Å². The van der Waals surface area contributed by atoms with Gasteiger partial charge < -0.3 is 14.2 Å². The number of Topliss-reactive ketones (excluding diaryl/α,β-unsaturated/α-hetero) is 1. The highest BCUT2D eigenvalue weighted by Crippen LogP contribution is 2.06. The fraction of sp³-hybridized carbons (Fsp3) is 0.333. The van der Waals surface area contributed by atoms with E-state index in [-0.39, 0.29) is 38.1 Å². The Kier molecular flexibility index (Phi) is 8.52. The van der Waals surface area contributed by atoms with Crippen LogP contribution in [0.4, 0.5) is 0 Å². The maximum Gasteiger partial charge on any atom is 0.313 e. The van der Waals surface area contributed by atoms with Crippen LogP contribution < -0.4 is 0 Å². The van der Waals surface area contributed by atoms with Crippen LogP contribution in [0.1, 0.15) is 24.5 Å². The molecule has 5 heteroatoms. The van der Waals surface area contributed by atoms with E-state index >= 15 is 0 Å². The van der Waals surface area contributed by atoms with Gasteiger partial charge in [-0.2, -0.15) is 0 Å². The number of ketones is 1. The first kappa shape index (κ1) is 19.8. The van der Waals surface area contributed by atoms with Gasteiger partial charge in [0.25, 0.3) is 0 Å². The van der Waals surface area contributed by atoms with Crippen molar-refractivity contribution in [3.8, 4) is 0 Å². The Morgan fingerprint density at radius 1 is 0.846 bits per heavy atom. The molecule has 0 saturated carbocycles. The van der Waals surface area contributed by atoms with Crippen molar-refractivity contribution in [3.63, 3.8) is 0 Å². The number of hydrogen-bond acceptors (Lipinski definition) is 5. The summed E-state index contributed by atoms with van der Waals surface area (Å²) in [5, 5.41) is 0. The van der Waals surface area contributed by atoms with Crippen LogP contribution in [0.15, 0.2) is 60.7 Å². The molecule has 0 aliphatic rings. The molecule has 2 aromatic carbocycles. The van der Waals surface area contributed by atoms with Gasteiger partial charge in [-0.15, -0.1) is 0 Å². The van der Waals surface area contributed by atoms with Gasteiger partial charge in [0.15, 0.2) is 0 Å². The Balaban J connectivity index is 1.57. The lowest BCUT2D eigenvalue weighted by Crippen LogP contribution is -2.21. The van der Waals surface area contributed by atoms with E-state index in [1.807, 2.05) is 60.7 Å². The minimum Gasteiger partial charge on any atom is -0.460 e. The molecule has 26 heavy (non-hydrogen) atoms. The molecule has 0 heterocycles. The molecule has 2 aromatic rings. The zero-order valence-electron chi connectivity index (χ0n) is 14.9. The van der Waals surface area contributed by atoms with Gasteiger partial charge in [0, 0.05) is 5.92 Å². The van der Waals surface area contributed by atoms with Crippen LogP contribution in [-0.4, -0.2) is 25.2 Å². The number of carbonyl (C=O) groups excluding carboxylic acids is 2. The Labute approximate surface area is 153 Å². The van der Waals surface area contributed by atoms with Crippen LogP contribution in [0.3, 0.4) is 0 Å². The van der Waals surface area contributed by atoms with Crippen LogP contribution in [0, 0.1) is 5.92 Å². The molecule has 5 nitrogen and oxygen atoms in total. The van der Waals surface area contributed by atoms with E-state index in [1.54, 1.807) is 6.92 Å². The van der Waals surface area contributed by atoms with Crippen molar-refractivity contribution >= 4 is 11.8 Å². The van der Waals surface area contributed by atoms with Crippen LogP contribution in [-0.2, 0) is 37.0 Å². The van der Waals surface area contributed by atoms with Crippen LogP contribution in [0.25, 0.3) is 0 Å². The average Bonchev–Trinajstić information content (AvgIpc) is 2.67. The first-order chi connectivity index (χ1) is 12.6. The average molecular weight is 356 g/mol. The minimum absolute atomic E-state index is 0.102. The third-order valence-electron chi connectivity index (χ3n) is 3.76. The third-order valence-corrected chi connectivity index (χ3v) is 3.76. The molecule has 2 rings (SSSR count). The standard InChI is InChI=1S/C21H24O5/c1-17(13-24-16-25-14-18-8-4-2-5-9-18)20(22)12-21(23)26-15-19-10-6-3-7-11-19/h2-11,17H,12-16H2,1H3/t17-/m0/s1. The molecule has 1 atom stereocenters. The van der Waals surface area contributed by atoms with Crippen molar-refractivity contribution < 1.29 is 23.8 Å².